The van der Waals surface area contributed by atoms with Gasteiger partial charge in [-0.2, -0.15) is 5.10 Å². The first-order chi connectivity index (χ1) is 7.84. The topological polar surface area (TPSA) is 64.9 Å². The number of nitrogens with one attached hydrogen (secondary N) is 1. The van der Waals surface area contributed by atoms with Crippen LogP contribution in [0.15, 0.2) is 12.5 Å². The summed E-state index contributed by atoms with van der Waals surface area (Å²) in [5, 5.41) is 8.50. The second-order valence-electron chi connectivity index (χ2n) is 3.93. The van der Waals surface area contributed by atoms with Gasteiger partial charge in [-0.05, 0) is 6.42 Å². The van der Waals surface area contributed by atoms with Crippen LogP contribution in [0.25, 0.3) is 11.0 Å². The summed E-state index contributed by atoms with van der Waals surface area (Å²) < 4.78 is 7.06. The Morgan fingerprint density at radius 1 is 1.50 bits per heavy atom. The fraction of sp³-hybridized carbons (Fsp3) is 0.500. The smallest absolute Gasteiger partial charge is 0.163 e. The molecule has 1 N–H and O–H groups in total. The number of ether oxygens (including phenoxy) is 1. The molecule has 2 aromatic rings. The molecule has 0 aromatic carbocycles. The highest BCUT2D eigenvalue weighted by atomic mass is 16.5. The SMILES string of the molecule is Cn1ncc2c(NC3CCOC3)ncnc21. The van der Waals surface area contributed by atoms with Crippen molar-refractivity contribution >= 4 is 16.9 Å². The van der Waals surface area contributed by atoms with Crippen LogP contribution in [0.1, 0.15) is 6.42 Å². The number of fused-ring (bicyclic) bond motifs is 1. The molecule has 0 bridgehead atoms. The molecule has 3 heterocycles. The molecule has 1 atom stereocenters. The number of hydrogen-bond donors (Lipinski definition) is 1. The maximum absolute atomic E-state index is 5.32. The Bertz CT molecular complexity index is 503. The van der Waals surface area contributed by atoms with Crippen molar-refractivity contribution in [3.63, 3.8) is 0 Å². The van der Waals surface area contributed by atoms with Crippen molar-refractivity contribution in [2.45, 2.75) is 12.5 Å². The Hall–Kier alpha value is -1.69. The van der Waals surface area contributed by atoms with Crippen molar-refractivity contribution in [3.05, 3.63) is 12.5 Å². The number of aromatic nitrogens is 4. The Balaban J connectivity index is 1.96. The first kappa shape index (κ1) is 9.53. The molecule has 6 heteroatoms. The van der Waals surface area contributed by atoms with Gasteiger partial charge in [-0.3, -0.25) is 4.68 Å². The number of hydrogen-bond acceptors (Lipinski definition) is 5. The number of anilines is 1. The van der Waals surface area contributed by atoms with Gasteiger partial charge in [0.1, 0.15) is 12.1 Å². The summed E-state index contributed by atoms with van der Waals surface area (Å²) in [6.45, 7) is 1.56. The van der Waals surface area contributed by atoms with Crippen LogP contribution >= 0.6 is 0 Å². The fourth-order valence-corrected chi connectivity index (χ4v) is 1.92. The van der Waals surface area contributed by atoms with Gasteiger partial charge in [0.2, 0.25) is 0 Å². The lowest BCUT2D eigenvalue weighted by Crippen LogP contribution is -2.19. The molecule has 1 aliphatic rings. The second kappa shape index (κ2) is 3.71. The van der Waals surface area contributed by atoms with Crippen molar-refractivity contribution in [1.29, 1.82) is 0 Å². The first-order valence-corrected chi connectivity index (χ1v) is 5.31. The molecule has 1 aliphatic heterocycles. The quantitative estimate of drug-likeness (QED) is 0.799. The normalized spacial score (nSPS) is 20.4. The molecule has 0 saturated carbocycles. The van der Waals surface area contributed by atoms with E-state index in [1.54, 1.807) is 17.2 Å². The van der Waals surface area contributed by atoms with Gasteiger partial charge in [-0.25, -0.2) is 9.97 Å². The van der Waals surface area contributed by atoms with E-state index in [0.717, 1.165) is 36.5 Å². The van der Waals surface area contributed by atoms with Crippen LogP contribution in [0.3, 0.4) is 0 Å². The van der Waals surface area contributed by atoms with Crippen molar-refractivity contribution in [3.8, 4) is 0 Å². The fourth-order valence-electron chi connectivity index (χ4n) is 1.92. The van der Waals surface area contributed by atoms with Crippen LogP contribution in [-0.2, 0) is 11.8 Å². The van der Waals surface area contributed by atoms with Crippen LogP contribution < -0.4 is 5.32 Å². The van der Waals surface area contributed by atoms with E-state index in [1.165, 1.54) is 0 Å². The van der Waals surface area contributed by atoms with E-state index in [1.807, 2.05) is 7.05 Å². The minimum Gasteiger partial charge on any atom is -0.379 e. The highest BCUT2D eigenvalue weighted by Crippen LogP contribution is 2.20. The molecule has 0 aliphatic carbocycles. The first-order valence-electron chi connectivity index (χ1n) is 5.31. The molecular formula is C10H13N5O. The Labute approximate surface area is 92.6 Å². The minimum absolute atomic E-state index is 0.346. The molecule has 6 nitrogen and oxygen atoms in total. The van der Waals surface area contributed by atoms with Crippen LogP contribution in [-0.4, -0.2) is 39.0 Å². The van der Waals surface area contributed by atoms with Gasteiger partial charge in [-0.15, -0.1) is 0 Å². The number of aryl methyl sites for hydroxylation is 1. The van der Waals surface area contributed by atoms with E-state index in [4.69, 9.17) is 4.74 Å². The summed E-state index contributed by atoms with van der Waals surface area (Å²) >= 11 is 0. The monoisotopic (exact) mass is 219 g/mol. The zero-order chi connectivity index (χ0) is 11.0. The van der Waals surface area contributed by atoms with Gasteiger partial charge < -0.3 is 10.1 Å². The van der Waals surface area contributed by atoms with E-state index < -0.39 is 0 Å². The molecule has 1 unspecified atom stereocenters. The summed E-state index contributed by atoms with van der Waals surface area (Å²) in [7, 11) is 1.87. The van der Waals surface area contributed by atoms with Gasteiger partial charge in [0, 0.05) is 13.7 Å². The Kier molecular flexibility index (Phi) is 2.21. The maximum atomic E-state index is 5.32. The van der Waals surface area contributed by atoms with E-state index >= 15 is 0 Å². The lowest BCUT2D eigenvalue weighted by Gasteiger charge is -2.11. The zero-order valence-corrected chi connectivity index (χ0v) is 9.05. The van der Waals surface area contributed by atoms with Crippen LogP contribution in [0, 0.1) is 0 Å². The van der Waals surface area contributed by atoms with Crippen LogP contribution in [0.2, 0.25) is 0 Å². The van der Waals surface area contributed by atoms with Gasteiger partial charge in [0.15, 0.2) is 5.65 Å². The molecule has 2 aromatic heterocycles. The van der Waals surface area contributed by atoms with Crippen LogP contribution in [0.4, 0.5) is 5.82 Å². The van der Waals surface area contributed by atoms with E-state index in [9.17, 15) is 0 Å². The molecular weight excluding hydrogens is 206 g/mol. The standard InChI is InChI=1S/C10H13N5O/c1-15-10-8(4-13-15)9(11-6-12-10)14-7-2-3-16-5-7/h4,6-7H,2-3,5H2,1H3,(H,11,12,14). The summed E-state index contributed by atoms with van der Waals surface area (Å²) in [5.41, 5.74) is 0.844. The second-order valence-corrected chi connectivity index (χ2v) is 3.93. The Morgan fingerprint density at radius 3 is 3.25 bits per heavy atom. The van der Waals surface area contributed by atoms with Gasteiger partial charge >= 0.3 is 0 Å². The van der Waals surface area contributed by atoms with Crippen molar-refractivity contribution in [2.75, 3.05) is 18.5 Å². The van der Waals surface area contributed by atoms with Gasteiger partial charge in [0.05, 0.1) is 24.2 Å². The van der Waals surface area contributed by atoms with Gasteiger partial charge in [-0.1, -0.05) is 0 Å². The Morgan fingerprint density at radius 2 is 2.44 bits per heavy atom. The molecule has 3 rings (SSSR count). The van der Waals surface area contributed by atoms with E-state index in [0.29, 0.717) is 6.04 Å². The lowest BCUT2D eigenvalue weighted by atomic mass is 10.2. The average molecular weight is 219 g/mol. The van der Waals surface area contributed by atoms with Crippen molar-refractivity contribution < 1.29 is 4.74 Å². The summed E-state index contributed by atoms with van der Waals surface area (Å²) in [5.74, 6) is 0.841. The van der Waals surface area contributed by atoms with Crippen molar-refractivity contribution in [1.82, 2.24) is 19.7 Å². The molecule has 0 amide bonds. The van der Waals surface area contributed by atoms with Gasteiger partial charge in [0.25, 0.3) is 0 Å². The predicted octanol–water partition coefficient (Wildman–Crippen LogP) is 0.564. The molecule has 1 fully saturated rings. The third kappa shape index (κ3) is 1.51. The highest BCUT2D eigenvalue weighted by Gasteiger charge is 2.17. The number of rotatable bonds is 2. The largest absolute Gasteiger partial charge is 0.379 e. The van der Waals surface area contributed by atoms with Crippen LogP contribution in [0.5, 0.6) is 0 Å². The predicted molar refractivity (Wildman–Crippen MR) is 59.2 cm³/mol. The summed E-state index contributed by atoms with van der Waals surface area (Å²) in [6.07, 6.45) is 4.36. The molecule has 1 saturated heterocycles. The average Bonchev–Trinajstić information content (AvgIpc) is 2.90. The summed E-state index contributed by atoms with van der Waals surface area (Å²) in [6, 6.07) is 0.346. The molecule has 84 valence electrons. The third-order valence-corrected chi connectivity index (χ3v) is 2.80. The molecule has 0 radical (unpaired) electrons. The van der Waals surface area contributed by atoms with E-state index in [-0.39, 0.29) is 0 Å². The maximum Gasteiger partial charge on any atom is 0.163 e. The number of nitrogens with zero attached hydrogens (tertiary/aromatic N) is 4. The summed E-state index contributed by atoms with van der Waals surface area (Å²) in [4.78, 5) is 8.45. The lowest BCUT2D eigenvalue weighted by molar-refractivity contribution is 0.195. The molecule has 0 spiro atoms. The molecule has 16 heavy (non-hydrogen) atoms. The minimum atomic E-state index is 0.346. The zero-order valence-electron chi connectivity index (χ0n) is 9.05. The van der Waals surface area contributed by atoms with E-state index in [2.05, 4.69) is 20.4 Å². The highest BCUT2D eigenvalue weighted by molar-refractivity contribution is 5.86. The van der Waals surface area contributed by atoms with Crippen molar-refractivity contribution in [2.24, 2.45) is 7.05 Å². The third-order valence-electron chi connectivity index (χ3n) is 2.80.